The van der Waals surface area contributed by atoms with E-state index in [-0.39, 0.29) is 5.91 Å². The molecule has 1 aliphatic carbocycles. The van der Waals surface area contributed by atoms with Crippen molar-refractivity contribution in [2.75, 3.05) is 12.4 Å². The van der Waals surface area contributed by atoms with Crippen LogP contribution in [0.1, 0.15) is 20.8 Å². The molecule has 0 bridgehead atoms. The van der Waals surface area contributed by atoms with Crippen LogP contribution in [0, 0.1) is 0 Å². The maximum absolute atomic E-state index is 12.3. The lowest BCUT2D eigenvalue weighted by Gasteiger charge is -2.15. The first-order valence-electron chi connectivity index (χ1n) is 7.78. The number of thiazole rings is 1. The first-order valence-corrected chi connectivity index (χ1v) is 8.59. The number of rotatable bonds is 3. The third-order valence-electron chi connectivity index (χ3n) is 4.14. The highest BCUT2D eigenvalue weighted by Crippen LogP contribution is 2.39. The molecule has 120 valence electrons. The van der Waals surface area contributed by atoms with Crippen LogP contribution in [0.15, 0.2) is 48.5 Å². The molecule has 1 heterocycles. The molecule has 3 aromatic rings. The molecule has 2 aromatic carbocycles. The van der Waals surface area contributed by atoms with Crippen molar-refractivity contribution in [1.29, 1.82) is 0 Å². The van der Waals surface area contributed by atoms with Crippen LogP contribution in [0.5, 0.6) is 5.75 Å². The van der Waals surface area contributed by atoms with Crippen LogP contribution in [0.2, 0.25) is 0 Å². The van der Waals surface area contributed by atoms with E-state index < -0.39 is 0 Å². The van der Waals surface area contributed by atoms with Crippen LogP contribution in [-0.4, -0.2) is 18.0 Å². The van der Waals surface area contributed by atoms with Gasteiger partial charge in [-0.15, -0.1) is 11.3 Å². The number of fused-ring (bicyclic) bond motifs is 3. The number of aryl methyl sites for hydroxylation is 2. The number of nitrogens with zero attached hydrogens (tertiary/aromatic N) is 1. The molecule has 0 atom stereocenters. The van der Waals surface area contributed by atoms with Crippen molar-refractivity contribution in [2.24, 2.45) is 0 Å². The number of hydrogen-bond donors (Lipinski definition) is 1. The van der Waals surface area contributed by atoms with Gasteiger partial charge in [0.15, 0.2) is 5.13 Å². The lowest BCUT2D eigenvalue weighted by molar-refractivity contribution is 0.102. The molecule has 1 amide bonds. The largest absolute Gasteiger partial charge is 0.497 e. The molecule has 4 rings (SSSR count). The van der Waals surface area contributed by atoms with Crippen LogP contribution in [0.3, 0.4) is 0 Å². The van der Waals surface area contributed by atoms with Crippen LogP contribution >= 0.6 is 11.3 Å². The monoisotopic (exact) mass is 336 g/mol. The summed E-state index contributed by atoms with van der Waals surface area (Å²) in [5, 5.41) is 3.56. The summed E-state index contributed by atoms with van der Waals surface area (Å²) in [6.45, 7) is 0. The average molecular weight is 336 g/mol. The van der Waals surface area contributed by atoms with Gasteiger partial charge in [-0.05, 0) is 48.7 Å². The first kappa shape index (κ1) is 14.9. The van der Waals surface area contributed by atoms with Crippen molar-refractivity contribution in [3.05, 3.63) is 64.5 Å². The Bertz CT molecular complexity index is 903. The van der Waals surface area contributed by atoms with Gasteiger partial charge in [-0.2, -0.15) is 0 Å². The number of hydrogen-bond acceptors (Lipinski definition) is 4. The molecule has 0 radical (unpaired) electrons. The van der Waals surface area contributed by atoms with Crippen molar-refractivity contribution in [3.8, 4) is 17.0 Å². The molecule has 5 heteroatoms. The molecule has 0 saturated heterocycles. The number of carbonyl (C=O) groups is 1. The van der Waals surface area contributed by atoms with Gasteiger partial charge in [0.2, 0.25) is 0 Å². The van der Waals surface area contributed by atoms with Gasteiger partial charge in [0, 0.05) is 16.0 Å². The van der Waals surface area contributed by atoms with Crippen LogP contribution in [0.4, 0.5) is 5.13 Å². The first-order chi connectivity index (χ1) is 11.7. The number of carbonyl (C=O) groups excluding carboxylic acids is 1. The van der Waals surface area contributed by atoms with Crippen LogP contribution < -0.4 is 10.1 Å². The molecule has 1 aromatic heterocycles. The van der Waals surface area contributed by atoms with Gasteiger partial charge in [-0.25, -0.2) is 4.98 Å². The lowest BCUT2D eigenvalue weighted by atomic mass is 9.93. The standard InChI is InChI=1S/C19H16N2O2S/c1-23-14-8-9-15-13(11-14)7-10-16-17(15)20-19(24-16)21-18(22)12-5-3-2-4-6-12/h2-6,8-9,11H,7,10H2,1H3,(H,20,21,22). The number of anilines is 1. The third-order valence-corrected chi connectivity index (χ3v) is 5.17. The van der Waals surface area contributed by atoms with Crippen LogP contribution in [-0.2, 0) is 12.8 Å². The topological polar surface area (TPSA) is 51.2 Å². The molecular weight excluding hydrogens is 320 g/mol. The molecule has 0 unspecified atom stereocenters. The zero-order valence-electron chi connectivity index (χ0n) is 13.2. The Morgan fingerprint density at radius 3 is 2.79 bits per heavy atom. The summed E-state index contributed by atoms with van der Waals surface area (Å²) >= 11 is 1.56. The van der Waals surface area contributed by atoms with Gasteiger partial charge >= 0.3 is 0 Å². The van der Waals surface area contributed by atoms with Crippen molar-refractivity contribution >= 4 is 22.4 Å². The van der Waals surface area contributed by atoms with E-state index in [0.717, 1.165) is 29.8 Å². The molecule has 24 heavy (non-hydrogen) atoms. The Hall–Kier alpha value is -2.66. The second-order valence-corrected chi connectivity index (χ2v) is 6.72. The SMILES string of the molecule is COc1ccc2c(c1)CCc1sc(NC(=O)c3ccccc3)nc1-2. The zero-order chi connectivity index (χ0) is 16.5. The van der Waals surface area contributed by atoms with E-state index in [4.69, 9.17) is 4.74 Å². The van der Waals surface area contributed by atoms with E-state index in [1.807, 2.05) is 24.3 Å². The predicted molar refractivity (Wildman–Crippen MR) is 95.9 cm³/mol. The highest BCUT2D eigenvalue weighted by molar-refractivity contribution is 7.16. The van der Waals surface area contributed by atoms with E-state index in [9.17, 15) is 4.79 Å². The van der Waals surface area contributed by atoms with Gasteiger partial charge in [-0.1, -0.05) is 18.2 Å². The Kier molecular flexibility index (Phi) is 3.78. The van der Waals surface area contributed by atoms with Gasteiger partial charge in [0.05, 0.1) is 12.8 Å². The van der Waals surface area contributed by atoms with Crippen molar-refractivity contribution in [3.63, 3.8) is 0 Å². The Labute approximate surface area is 144 Å². The molecular formula is C19H16N2O2S. The maximum Gasteiger partial charge on any atom is 0.257 e. The second-order valence-electron chi connectivity index (χ2n) is 5.63. The number of nitrogens with one attached hydrogen (secondary N) is 1. The minimum atomic E-state index is -0.128. The summed E-state index contributed by atoms with van der Waals surface area (Å²) in [5.41, 5.74) is 3.99. The molecule has 0 fully saturated rings. The minimum Gasteiger partial charge on any atom is -0.497 e. The fourth-order valence-corrected chi connectivity index (χ4v) is 3.90. The molecule has 0 aliphatic heterocycles. The van der Waals surface area contributed by atoms with Crippen molar-refractivity contribution < 1.29 is 9.53 Å². The quantitative estimate of drug-likeness (QED) is 0.781. The van der Waals surface area contributed by atoms with Gasteiger partial charge in [-0.3, -0.25) is 10.1 Å². The minimum absolute atomic E-state index is 0.128. The highest BCUT2D eigenvalue weighted by atomic mass is 32.1. The number of amides is 1. The fraction of sp³-hybridized carbons (Fsp3) is 0.158. The number of methoxy groups -OCH3 is 1. The fourth-order valence-electron chi connectivity index (χ4n) is 2.93. The van der Waals surface area contributed by atoms with Gasteiger partial charge in [0.1, 0.15) is 5.75 Å². The third kappa shape index (κ3) is 2.67. The number of aromatic nitrogens is 1. The molecule has 4 nitrogen and oxygen atoms in total. The summed E-state index contributed by atoms with van der Waals surface area (Å²) in [6, 6.07) is 15.3. The Morgan fingerprint density at radius 2 is 2.00 bits per heavy atom. The number of ether oxygens (including phenoxy) is 1. The molecule has 1 N–H and O–H groups in total. The lowest BCUT2D eigenvalue weighted by Crippen LogP contribution is -2.11. The van der Waals surface area contributed by atoms with Gasteiger partial charge in [0.25, 0.3) is 5.91 Å². The van der Waals surface area contributed by atoms with Crippen molar-refractivity contribution in [2.45, 2.75) is 12.8 Å². The summed E-state index contributed by atoms with van der Waals surface area (Å²) < 4.78 is 5.30. The summed E-state index contributed by atoms with van der Waals surface area (Å²) in [6.07, 6.45) is 1.90. The van der Waals surface area contributed by atoms with E-state index >= 15 is 0 Å². The molecule has 1 aliphatic rings. The Morgan fingerprint density at radius 1 is 1.17 bits per heavy atom. The second kappa shape index (κ2) is 6.09. The van der Waals surface area contributed by atoms with E-state index in [1.165, 1.54) is 10.4 Å². The molecule has 0 saturated carbocycles. The summed E-state index contributed by atoms with van der Waals surface area (Å²) in [4.78, 5) is 18.2. The summed E-state index contributed by atoms with van der Waals surface area (Å²) in [7, 11) is 1.68. The zero-order valence-corrected chi connectivity index (χ0v) is 14.0. The van der Waals surface area contributed by atoms with E-state index in [2.05, 4.69) is 22.4 Å². The molecule has 0 spiro atoms. The van der Waals surface area contributed by atoms with E-state index in [0.29, 0.717) is 10.7 Å². The van der Waals surface area contributed by atoms with E-state index in [1.54, 1.807) is 30.6 Å². The summed E-state index contributed by atoms with van der Waals surface area (Å²) in [5.74, 6) is 0.738. The predicted octanol–water partition coefficient (Wildman–Crippen LogP) is 4.17. The smallest absolute Gasteiger partial charge is 0.257 e. The average Bonchev–Trinajstić information content (AvgIpc) is 3.04. The highest BCUT2D eigenvalue weighted by Gasteiger charge is 2.22. The van der Waals surface area contributed by atoms with Crippen molar-refractivity contribution in [1.82, 2.24) is 4.98 Å². The van der Waals surface area contributed by atoms with Crippen LogP contribution in [0.25, 0.3) is 11.3 Å². The maximum atomic E-state index is 12.3. The van der Waals surface area contributed by atoms with Gasteiger partial charge < -0.3 is 4.74 Å². The normalized spacial score (nSPS) is 12.2. The number of benzene rings is 2. The Balaban J connectivity index is 1.63.